The van der Waals surface area contributed by atoms with E-state index in [0.29, 0.717) is 68.0 Å². The Morgan fingerprint density at radius 1 is 0.506 bits per heavy atom. The lowest BCUT2D eigenvalue weighted by molar-refractivity contribution is -0.129. The fourth-order valence-corrected chi connectivity index (χ4v) is 11.6. The minimum Gasteiger partial charge on any atom is -0.505 e. The van der Waals surface area contributed by atoms with Crippen molar-refractivity contribution < 1.29 is 24.2 Å². The summed E-state index contributed by atoms with van der Waals surface area (Å²) >= 11 is 3.46. The zero-order valence-corrected chi connectivity index (χ0v) is 46.9. The van der Waals surface area contributed by atoms with E-state index in [1.807, 2.05) is 118 Å². The molecule has 1 N–H and O–H groups in total. The highest BCUT2D eigenvalue weighted by Crippen LogP contribution is 2.34. The molecule has 12 rings (SSSR count). The number of hydrogen-bond acceptors (Lipinski definition) is 11. The van der Waals surface area contributed by atoms with Gasteiger partial charge in [0.25, 0.3) is 0 Å². The van der Waals surface area contributed by atoms with Crippen molar-refractivity contribution in [3.05, 3.63) is 149 Å². The average molecular weight is 1130 g/mol. The molecule has 0 spiro atoms. The second kappa shape index (κ2) is 24.8. The molecule has 6 aromatic heterocycles. The number of ether oxygens (including phenoxy) is 1. The molecule has 3 saturated heterocycles. The molecule has 17 nitrogen and oxygen atoms in total. The van der Waals surface area contributed by atoms with E-state index in [-0.39, 0.29) is 23.5 Å². The van der Waals surface area contributed by atoms with Crippen LogP contribution in [-0.2, 0) is 34.0 Å². The van der Waals surface area contributed by atoms with Crippen molar-refractivity contribution in [2.75, 3.05) is 26.7 Å². The van der Waals surface area contributed by atoms with Crippen LogP contribution in [-0.4, -0.2) is 108 Å². The van der Waals surface area contributed by atoms with E-state index < -0.39 is 0 Å². The maximum atomic E-state index is 12.5. The van der Waals surface area contributed by atoms with E-state index in [2.05, 4.69) is 56.8 Å². The predicted octanol–water partition coefficient (Wildman–Crippen LogP) is 11.1. The highest BCUT2D eigenvalue weighted by atomic mass is 79.9. The first-order valence-electron chi connectivity index (χ1n) is 27.5. The molecule has 408 valence electrons. The van der Waals surface area contributed by atoms with Crippen LogP contribution in [0, 0.1) is 17.8 Å². The molecule has 79 heavy (non-hydrogen) atoms. The fourth-order valence-electron chi connectivity index (χ4n) is 11.3. The zero-order chi connectivity index (χ0) is 55.0. The third-order valence-corrected chi connectivity index (χ3v) is 15.4. The summed E-state index contributed by atoms with van der Waals surface area (Å²) in [6.07, 6.45) is 18.7. The molecule has 3 unspecified atom stereocenters. The maximum absolute atomic E-state index is 12.5. The number of fused-ring (bicyclic) bond motifs is 3. The van der Waals surface area contributed by atoms with Crippen molar-refractivity contribution in [1.82, 2.24) is 58.5 Å². The molecule has 18 heteroatoms. The number of nitrogens with zero attached hydrogens (tertiary/aromatic N) is 12. The van der Waals surface area contributed by atoms with E-state index in [1.165, 1.54) is 6.20 Å². The van der Waals surface area contributed by atoms with Gasteiger partial charge in [0.05, 0.1) is 56.0 Å². The number of rotatable bonds is 16. The normalized spacial score (nSPS) is 17.3. The molecular formula is C61H67BrN12O5. The van der Waals surface area contributed by atoms with Gasteiger partial charge in [0.1, 0.15) is 17.1 Å². The molecular weight excluding hydrogens is 1060 g/mol. The molecule has 0 radical (unpaired) electrons. The summed E-state index contributed by atoms with van der Waals surface area (Å²) in [7, 11) is 1.61. The van der Waals surface area contributed by atoms with Gasteiger partial charge in [-0.1, -0.05) is 131 Å². The Hall–Kier alpha value is -7.99. The maximum Gasteiger partial charge on any atom is 0.223 e. The lowest BCUT2D eigenvalue weighted by Crippen LogP contribution is -2.25. The molecule has 9 heterocycles. The van der Waals surface area contributed by atoms with Crippen molar-refractivity contribution in [2.24, 2.45) is 17.8 Å². The molecule has 3 aromatic carbocycles. The highest BCUT2D eigenvalue weighted by Gasteiger charge is 2.34. The number of hydrogen-bond donors (Lipinski definition) is 1. The summed E-state index contributed by atoms with van der Waals surface area (Å²) in [5, 5.41) is 23.9. The summed E-state index contributed by atoms with van der Waals surface area (Å²) < 4.78 is 11.3. The smallest absolute Gasteiger partial charge is 0.223 e. The predicted molar refractivity (Wildman–Crippen MR) is 306 cm³/mol. The Morgan fingerprint density at radius 3 is 1.24 bits per heavy atom. The van der Waals surface area contributed by atoms with E-state index in [4.69, 9.17) is 14.9 Å². The number of carbonyl (C=O) groups is 3. The van der Waals surface area contributed by atoms with Crippen LogP contribution in [0.3, 0.4) is 0 Å². The van der Waals surface area contributed by atoms with Gasteiger partial charge in [-0.05, 0) is 52.9 Å². The molecule has 0 saturated carbocycles. The number of carbonyl (C=O) groups excluding carboxylic acids is 3. The Morgan fingerprint density at radius 2 is 0.861 bits per heavy atom. The molecule has 3 fully saturated rings. The van der Waals surface area contributed by atoms with Gasteiger partial charge in [0.2, 0.25) is 17.7 Å². The number of amides is 3. The summed E-state index contributed by atoms with van der Waals surface area (Å²) in [4.78, 5) is 56.8. The van der Waals surface area contributed by atoms with E-state index in [0.717, 1.165) is 124 Å². The lowest BCUT2D eigenvalue weighted by atomic mass is 10.0. The third kappa shape index (κ3) is 12.3. The molecule has 0 aliphatic carbocycles. The van der Waals surface area contributed by atoms with Gasteiger partial charge in [-0.3, -0.25) is 14.4 Å². The topological polar surface area (TPSA) is 181 Å². The molecule has 0 bridgehead atoms. The number of halogens is 1. The number of methoxy groups -OCH3 is 1. The minimum atomic E-state index is 0.0615. The number of aromatic hydroxyl groups is 1. The largest absolute Gasteiger partial charge is 0.505 e. The lowest BCUT2D eigenvalue weighted by Gasteiger charge is -2.17. The van der Waals surface area contributed by atoms with E-state index in [9.17, 15) is 19.5 Å². The monoisotopic (exact) mass is 1130 g/mol. The first-order chi connectivity index (χ1) is 38.5. The van der Waals surface area contributed by atoms with Crippen LogP contribution < -0.4 is 4.74 Å². The van der Waals surface area contributed by atoms with Gasteiger partial charge in [-0.25, -0.2) is 28.5 Å². The number of benzene rings is 3. The first kappa shape index (κ1) is 54.4. The SMILES string of the molecule is CCCC1CC(=O)N(Cc2c(-c3ccccc3)nn3cc(Br)cnc23)C1.CCCC1CC(=O)N(Cc2c(-c3ccccc3)nn3cc(O)cnc23)C1.CCCC1CC(=O)N(Cc2c(-c3ccccc3)nn3cc(OC)cnc23)C1. The quantitative estimate of drug-likeness (QED) is 0.0972. The van der Waals surface area contributed by atoms with Gasteiger partial charge >= 0.3 is 0 Å². The Bertz CT molecular complexity index is 3410. The summed E-state index contributed by atoms with van der Waals surface area (Å²) in [6.45, 7) is 10.5. The van der Waals surface area contributed by atoms with Crippen LogP contribution >= 0.6 is 15.9 Å². The van der Waals surface area contributed by atoms with Crippen LogP contribution in [0.2, 0.25) is 0 Å². The van der Waals surface area contributed by atoms with E-state index in [1.54, 1.807) is 39.2 Å². The standard InChI is InChI=1S/C21H24N4O2.C20H21BrN4O.C20H22N4O2/c1-3-7-15-10-19(26)24(12-15)14-18-20(16-8-5-4-6-9-16)23-25-13-17(27-2)11-22-21(18)25;1-2-6-14-9-18(26)24(11-14)13-17-19(15-7-4-3-5-8-15)23-25-12-16(21)10-22-20(17)25;1-2-6-14-9-18(26)23(11-14)13-17-19(15-7-4-3-5-8-15)22-24-12-16(25)10-21-20(17)24/h4-6,8-9,11,13,15H,3,7,10,12,14H2,1-2H3;3-5,7-8,10,12,14H,2,6,9,11,13H2,1H3;3-5,7-8,10,12,14,25H,2,6,9,11,13H2,1H3. The highest BCUT2D eigenvalue weighted by molar-refractivity contribution is 9.10. The van der Waals surface area contributed by atoms with Gasteiger partial charge in [0.15, 0.2) is 28.4 Å². The second-order valence-corrected chi connectivity index (χ2v) is 21.8. The van der Waals surface area contributed by atoms with Crippen LogP contribution in [0.1, 0.15) is 95.2 Å². The molecule has 3 amide bonds. The molecule has 3 atom stereocenters. The van der Waals surface area contributed by atoms with Crippen molar-refractivity contribution >= 4 is 50.6 Å². The van der Waals surface area contributed by atoms with E-state index >= 15 is 0 Å². The van der Waals surface area contributed by atoms with Crippen molar-refractivity contribution in [2.45, 2.75) is 98.2 Å². The number of likely N-dealkylation sites (tertiary alicyclic amines) is 3. The summed E-state index contributed by atoms with van der Waals surface area (Å²) in [5.41, 5.74) is 10.7. The molecule has 3 aliphatic rings. The van der Waals surface area contributed by atoms with Crippen LogP contribution in [0.5, 0.6) is 11.5 Å². The Balaban J connectivity index is 0.000000134. The second-order valence-electron chi connectivity index (χ2n) is 20.9. The van der Waals surface area contributed by atoms with Gasteiger partial charge in [-0.15, -0.1) is 0 Å². The minimum absolute atomic E-state index is 0.0615. The van der Waals surface area contributed by atoms with Crippen molar-refractivity contribution in [3.63, 3.8) is 0 Å². The third-order valence-electron chi connectivity index (χ3n) is 15.0. The van der Waals surface area contributed by atoms with Gasteiger partial charge in [-0.2, -0.15) is 15.3 Å². The Kier molecular flexibility index (Phi) is 17.0. The van der Waals surface area contributed by atoms with Crippen molar-refractivity contribution in [3.8, 4) is 45.3 Å². The average Bonchev–Trinajstić information content (AvgIpc) is 4.52. The fraction of sp³-hybridized carbons (Fsp3) is 0.361. The summed E-state index contributed by atoms with van der Waals surface area (Å²) in [5.74, 6) is 2.73. The Labute approximate surface area is 468 Å². The van der Waals surface area contributed by atoms with Crippen LogP contribution in [0.25, 0.3) is 50.7 Å². The first-order valence-corrected chi connectivity index (χ1v) is 28.3. The van der Waals surface area contributed by atoms with Crippen LogP contribution in [0.15, 0.2) is 133 Å². The van der Waals surface area contributed by atoms with Crippen molar-refractivity contribution in [1.29, 1.82) is 0 Å². The van der Waals surface area contributed by atoms with Gasteiger partial charge < -0.3 is 24.5 Å². The summed E-state index contributed by atoms with van der Waals surface area (Å²) in [6, 6.07) is 30.0. The van der Waals surface area contributed by atoms with Gasteiger partial charge in [0, 0.05) is 84.7 Å². The molecule has 3 aliphatic heterocycles. The zero-order valence-electron chi connectivity index (χ0n) is 45.3. The van der Waals surface area contributed by atoms with Crippen LogP contribution in [0.4, 0.5) is 0 Å². The molecule has 9 aromatic rings. The number of aromatic nitrogens is 9.